The summed E-state index contributed by atoms with van der Waals surface area (Å²) in [7, 11) is 0. The second-order valence-corrected chi connectivity index (χ2v) is 9.23. The Morgan fingerprint density at radius 2 is 1.90 bits per heavy atom. The zero-order chi connectivity index (χ0) is 14.2. The summed E-state index contributed by atoms with van der Waals surface area (Å²) in [4.78, 5) is 12.4. The molecule has 21 heavy (non-hydrogen) atoms. The molecule has 5 aliphatic carbocycles. The van der Waals surface area contributed by atoms with E-state index in [9.17, 15) is 4.79 Å². The minimum absolute atomic E-state index is 0.131. The van der Waals surface area contributed by atoms with Crippen LogP contribution >= 0.6 is 0 Å². The molecule has 0 aromatic heterocycles. The minimum Gasteiger partial charge on any atom is -0.294 e. The summed E-state index contributed by atoms with van der Waals surface area (Å²) in [6, 6.07) is 0. The number of hydrogen-bond acceptors (Lipinski definition) is 1. The fraction of sp³-hybridized carbons (Fsp3) is 0.850. The Bertz CT molecular complexity index is 526. The highest BCUT2D eigenvalue weighted by Crippen LogP contribution is 2.65. The first-order valence-corrected chi connectivity index (χ1v) is 9.36. The van der Waals surface area contributed by atoms with Gasteiger partial charge in [0.15, 0.2) is 5.78 Å². The number of carbonyl (C=O) groups excluding carboxylic acids is 1. The van der Waals surface area contributed by atoms with Gasteiger partial charge in [-0.2, -0.15) is 0 Å². The van der Waals surface area contributed by atoms with E-state index in [1.54, 1.807) is 5.57 Å². The average Bonchev–Trinajstić information content (AvgIpc) is 3.12. The number of fused-ring (bicyclic) bond motifs is 5. The lowest BCUT2D eigenvalue weighted by Gasteiger charge is -2.53. The molecule has 0 N–H and O–H groups in total. The fourth-order valence-electron chi connectivity index (χ4n) is 6.92. The molecule has 1 spiro atoms. The van der Waals surface area contributed by atoms with Crippen LogP contribution in [-0.2, 0) is 4.79 Å². The standard InChI is InChI=1S/C20H28O/c1-19-7-2-3-17(19)15-5-4-13-11-18(21)20(9-10-20)12-16(13)14(15)6-8-19/h11,14-17H,2-10,12H2,1H3/t14-,15+,16-,17-,19-/m0/s1. The summed E-state index contributed by atoms with van der Waals surface area (Å²) in [5.41, 5.74) is 2.36. The lowest BCUT2D eigenvalue weighted by molar-refractivity contribution is -0.121. The zero-order valence-electron chi connectivity index (χ0n) is 13.4. The molecule has 0 heterocycles. The Labute approximate surface area is 128 Å². The van der Waals surface area contributed by atoms with E-state index in [-0.39, 0.29) is 5.41 Å². The smallest absolute Gasteiger partial charge is 0.161 e. The number of carbonyl (C=O) groups is 1. The maximum Gasteiger partial charge on any atom is 0.161 e. The van der Waals surface area contributed by atoms with Gasteiger partial charge < -0.3 is 0 Å². The Morgan fingerprint density at radius 3 is 2.71 bits per heavy atom. The van der Waals surface area contributed by atoms with E-state index in [4.69, 9.17) is 0 Å². The molecule has 0 amide bonds. The molecule has 1 heteroatoms. The predicted octanol–water partition coefficient (Wildman–Crippen LogP) is 4.91. The zero-order valence-corrected chi connectivity index (χ0v) is 13.4. The molecule has 0 saturated heterocycles. The summed E-state index contributed by atoms with van der Waals surface area (Å²) >= 11 is 0. The van der Waals surface area contributed by atoms with Crippen LogP contribution in [0.5, 0.6) is 0 Å². The molecular weight excluding hydrogens is 256 g/mol. The number of hydrogen-bond donors (Lipinski definition) is 0. The Kier molecular flexibility index (Phi) is 2.48. The highest BCUT2D eigenvalue weighted by atomic mass is 16.1. The summed E-state index contributed by atoms with van der Waals surface area (Å²) in [6.07, 6.45) is 15.7. The van der Waals surface area contributed by atoms with Crippen molar-refractivity contribution < 1.29 is 4.79 Å². The van der Waals surface area contributed by atoms with E-state index < -0.39 is 0 Å². The van der Waals surface area contributed by atoms with E-state index in [1.807, 2.05) is 0 Å². The molecule has 1 nitrogen and oxygen atoms in total. The van der Waals surface area contributed by atoms with Gasteiger partial charge in [0.05, 0.1) is 0 Å². The van der Waals surface area contributed by atoms with Crippen LogP contribution in [0.3, 0.4) is 0 Å². The van der Waals surface area contributed by atoms with E-state index in [2.05, 4.69) is 13.0 Å². The van der Waals surface area contributed by atoms with Gasteiger partial charge in [0.2, 0.25) is 0 Å². The van der Waals surface area contributed by atoms with E-state index in [1.165, 1.54) is 64.2 Å². The fourth-order valence-corrected chi connectivity index (χ4v) is 6.92. The summed E-state index contributed by atoms with van der Waals surface area (Å²) < 4.78 is 0. The molecule has 4 fully saturated rings. The highest BCUT2D eigenvalue weighted by Gasteiger charge is 2.58. The first kappa shape index (κ1) is 12.9. The van der Waals surface area contributed by atoms with E-state index in [0.29, 0.717) is 11.2 Å². The quantitative estimate of drug-likeness (QED) is 0.618. The van der Waals surface area contributed by atoms with Gasteiger partial charge in [0.1, 0.15) is 0 Å². The SMILES string of the molecule is C[C@@]12CCC[C@H]1[C@@H]1CCC3=CC(=O)C4(CC4)C[C@@H]3[C@H]1CC2. The number of rotatable bonds is 0. The molecule has 0 aromatic carbocycles. The topological polar surface area (TPSA) is 17.1 Å². The number of allylic oxidation sites excluding steroid dienone is 1. The second-order valence-electron chi connectivity index (χ2n) is 9.23. The van der Waals surface area contributed by atoms with Crippen molar-refractivity contribution in [2.45, 2.75) is 71.1 Å². The lowest BCUT2D eigenvalue weighted by Crippen LogP contribution is -2.45. The summed E-state index contributed by atoms with van der Waals surface area (Å²) in [5, 5.41) is 0. The summed E-state index contributed by atoms with van der Waals surface area (Å²) in [5.74, 6) is 4.19. The third-order valence-electron chi connectivity index (χ3n) is 8.34. The van der Waals surface area contributed by atoms with Gasteiger partial charge in [-0.05, 0) is 93.0 Å². The molecule has 0 radical (unpaired) electrons. The Balaban J connectivity index is 1.48. The van der Waals surface area contributed by atoms with Crippen molar-refractivity contribution in [1.29, 1.82) is 0 Å². The van der Waals surface area contributed by atoms with Crippen molar-refractivity contribution in [2.24, 2.45) is 34.5 Å². The first-order valence-electron chi connectivity index (χ1n) is 9.36. The van der Waals surface area contributed by atoms with E-state index in [0.717, 1.165) is 23.7 Å². The van der Waals surface area contributed by atoms with Crippen molar-refractivity contribution in [3.05, 3.63) is 11.6 Å². The average molecular weight is 284 g/mol. The van der Waals surface area contributed by atoms with Crippen molar-refractivity contribution in [2.75, 3.05) is 0 Å². The molecule has 5 aliphatic rings. The molecular formula is C20H28O. The van der Waals surface area contributed by atoms with Crippen molar-refractivity contribution in [3.8, 4) is 0 Å². The molecule has 114 valence electrons. The number of ketones is 1. The molecule has 0 aliphatic heterocycles. The van der Waals surface area contributed by atoms with Gasteiger partial charge in [0, 0.05) is 5.41 Å². The molecule has 5 atom stereocenters. The van der Waals surface area contributed by atoms with Crippen LogP contribution in [0.4, 0.5) is 0 Å². The van der Waals surface area contributed by atoms with Gasteiger partial charge in [0.25, 0.3) is 0 Å². The van der Waals surface area contributed by atoms with Crippen LogP contribution in [0.15, 0.2) is 11.6 Å². The van der Waals surface area contributed by atoms with Crippen LogP contribution in [0, 0.1) is 34.5 Å². The second kappa shape index (κ2) is 4.03. The van der Waals surface area contributed by atoms with Crippen molar-refractivity contribution in [1.82, 2.24) is 0 Å². The van der Waals surface area contributed by atoms with Crippen LogP contribution in [0.25, 0.3) is 0 Å². The normalized spacial score (nSPS) is 50.1. The Hall–Kier alpha value is -0.590. The molecule has 0 aromatic rings. The van der Waals surface area contributed by atoms with Gasteiger partial charge in [-0.1, -0.05) is 18.9 Å². The maximum absolute atomic E-state index is 12.4. The predicted molar refractivity (Wildman–Crippen MR) is 83.8 cm³/mol. The van der Waals surface area contributed by atoms with Gasteiger partial charge in [-0.3, -0.25) is 4.79 Å². The van der Waals surface area contributed by atoms with Crippen molar-refractivity contribution in [3.63, 3.8) is 0 Å². The van der Waals surface area contributed by atoms with Gasteiger partial charge in [-0.15, -0.1) is 0 Å². The lowest BCUT2D eigenvalue weighted by atomic mass is 9.51. The largest absolute Gasteiger partial charge is 0.294 e. The third-order valence-corrected chi connectivity index (χ3v) is 8.34. The first-order chi connectivity index (χ1) is 10.1. The van der Waals surface area contributed by atoms with Gasteiger partial charge in [-0.25, -0.2) is 0 Å². The monoisotopic (exact) mass is 284 g/mol. The van der Waals surface area contributed by atoms with E-state index >= 15 is 0 Å². The molecule has 0 unspecified atom stereocenters. The van der Waals surface area contributed by atoms with Crippen molar-refractivity contribution >= 4 is 5.78 Å². The van der Waals surface area contributed by atoms with Crippen LogP contribution < -0.4 is 0 Å². The van der Waals surface area contributed by atoms with Gasteiger partial charge >= 0.3 is 0 Å². The maximum atomic E-state index is 12.4. The molecule has 0 bridgehead atoms. The summed E-state index contributed by atoms with van der Waals surface area (Å²) in [6.45, 7) is 2.58. The Morgan fingerprint density at radius 1 is 1.05 bits per heavy atom. The van der Waals surface area contributed by atoms with Crippen LogP contribution in [-0.4, -0.2) is 5.78 Å². The molecule has 5 rings (SSSR count). The minimum atomic E-state index is 0.131. The highest BCUT2D eigenvalue weighted by molar-refractivity contribution is 5.98. The third kappa shape index (κ3) is 1.67. The van der Waals surface area contributed by atoms with Crippen LogP contribution in [0.1, 0.15) is 71.1 Å². The van der Waals surface area contributed by atoms with Crippen LogP contribution in [0.2, 0.25) is 0 Å². The molecule has 4 saturated carbocycles.